The van der Waals surface area contributed by atoms with Crippen LogP contribution in [0.25, 0.3) is 33.4 Å². The summed E-state index contributed by atoms with van der Waals surface area (Å²) in [5, 5.41) is 7.23. The van der Waals surface area contributed by atoms with Crippen LogP contribution in [0.5, 0.6) is 0 Å². The van der Waals surface area contributed by atoms with Gasteiger partial charge in [-0.1, -0.05) is 53.2 Å². The van der Waals surface area contributed by atoms with Crippen molar-refractivity contribution in [1.82, 2.24) is 14.9 Å². The molecule has 11 heteroatoms. The van der Waals surface area contributed by atoms with Crippen LogP contribution in [0.15, 0.2) is 85.8 Å². The molecule has 1 atom stereocenters. The maximum absolute atomic E-state index is 14.0. The van der Waals surface area contributed by atoms with Crippen molar-refractivity contribution in [2.75, 3.05) is 5.32 Å². The zero-order valence-electron chi connectivity index (χ0n) is 23.2. The number of hydrogen-bond donors (Lipinski definition) is 2. The molecule has 0 aliphatic rings. The van der Waals surface area contributed by atoms with Gasteiger partial charge in [0.2, 0.25) is 5.43 Å². The summed E-state index contributed by atoms with van der Waals surface area (Å²) >= 11 is 6.10. The van der Waals surface area contributed by atoms with Gasteiger partial charge in [-0.3, -0.25) is 4.79 Å². The smallest absolute Gasteiger partial charge is 0.260 e. The molecule has 212 valence electrons. The van der Waals surface area contributed by atoms with Gasteiger partial charge in [-0.15, -0.1) is 0 Å². The molecule has 5 aromatic rings. The summed E-state index contributed by atoms with van der Waals surface area (Å²) in [5.74, 6) is 0.370. The Kier molecular flexibility index (Phi) is 7.50. The number of aromatic nitrogens is 2. The molecule has 0 amide bonds. The predicted molar refractivity (Wildman–Crippen MR) is 160 cm³/mol. The highest BCUT2D eigenvalue weighted by Gasteiger charge is 2.28. The fourth-order valence-electron chi connectivity index (χ4n) is 4.67. The van der Waals surface area contributed by atoms with E-state index < -0.39 is 21.6 Å². The largest absolute Gasteiger partial charge is 0.455 e. The van der Waals surface area contributed by atoms with Crippen LogP contribution in [0.2, 0.25) is 5.15 Å². The molecule has 41 heavy (non-hydrogen) atoms. The van der Waals surface area contributed by atoms with Crippen molar-refractivity contribution in [3.8, 4) is 22.5 Å². The van der Waals surface area contributed by atoms with Crippen molar-refractivity contribution < 1.29 is 17.4 Å². The van der Waals surface area contributed by atoms with E-state index in [2.05, 4.69) is 20.2 Å². The molecule has 1 unspecified atom stereocenters. The molecule has 3 heterocycles. The van der Waals surface area contributed by atoms with E-state index in [1.165, 1.54) is 18.5 Å². The van der Waals surface area contributed by atoms with Crippen LogP contribution in [0, 0.1) is 6.92 Å². The van der Waals surface area contributed by atoms with Gasteiger partial charge in [0.1, 0.15) is 22.8 Å². The number of rotatable bonds is 7. The zero-order valence-corrected chi connectivity index (χ0v) is 24.7. The zero-order chi connectivity index (χ0) is 29.5. The average molecular weight is 593 g/mol. The molecular formula is C30H29ClN4O5S. The second-order valence-corrected chi connectivity index (χ2v) is 12.8. The Morgan fingerprint density at radius 2 is 1.76 bits per heavy atom. The second kappa shape index (κ2) is 10.8. The summed E-state index contributed by atoms with van der Waals surface area (Å²) in [5.41, 5.74) is 2.68. The average Bonchev–Trinajstić information content (AvgIpc) is 3.43. The Bertz CT molecular complexity index is 1900. The van der Waals surface area contributed by atoms with Gasteiger partial charge < -0.3 is 14.3 Å². The Morgan fingerprint density at radius 3 is 2.41 bits per heavy atom. The first-order chi connectivity index (χ1) is 19.3. The topological polar surface area (TPSA) is 127 Å². The van der Waals surface area contributed by atoms with Crippen LogP contribution in [-0.2, 0) is 10.0 Å². The summed E-state index contributed by atoms with van der Waals surface area (Å²) in [6.45, 7) is 8.95. The highest BCUT2D eigenvalue weighted by Crippen LogP contribution is 2.36. The lowest BCUT2D eigenvalue weighted by molar-refractivity contribution is 0.420. The highest BCUT2D eigenvalue weighted by atomic mass is 35.5. The van der Waals surface area contributed by atoms with E-state index in [0.717, 1.165) is 5.56 Å². The summed E-state index contributed by atoms with van der Waals surface area (Å²) in [6, 6.07) is 15.6. The third kappa shape index (κ3) is 5.90. The summed E-state index contributed by atoms with van der Waals surface area (Å²) in [6.07, 6.45) is 2.89. The molecule has 0 saturated carbocycles. The number of nitrogens with zero attached hydrogens (tertiary/aromatic N) is 2. The van der Waals surface area contributed by atoms with E-state index in [1.54, 1.807) is 32.9 Å². The van der Waals surface area contributed by atoms with E-state index in [0.29, 0.717) is 39.0 Å². The monoisotopic (exact) mass is 592 g/mol. The van der Waals surface area contributed by atoms with E-state index in [4.69, 9.17) is 20.5 Å². The third-order valence-electron chi connectivity index (χ3n) is 6.28. The molecule has 0 aliphatic carbocycles. The maximum atomic E-state index is 14.0. The van der Waals surface area contributed by atoms with Gasteiger partial charge in [-0.05, 0) is 58.4 Å². The number of nitrogens with one attached hydrogen (secondary N) is 2. The lowest BCUT2D eigenvalue weighted by atomic mass is 9.96. The number of aryl methyl sites for hydroxylation is 1. The molecule has 3 aromatic heterocycles. The Hall–Kier alpha value is -3.99. The molecule has 0 radical (unpaired) electrons. The van der Waals surface area contributed by atoms with E-state index in [-0.39, 0.29) is 21.3 Å². The number of halogens is 1. The third-order valence-corrected chi connectivity index (χ3v) is 8.19. The Labute approximate surface area is 242 Å². The van der Waals surface area contributed by atoms with Crippen LogP contribution in [0.4, 0.5) is 5.69 Å². The van der Waals surface area contributed by atoms with Crippen molar-refractivity contribution >= 4 is 38.3 Å². The standard InChI is InChI=1S/C30H29ClN4O5S/c1-17-13-21(18(2)33-23-11-12-24(31)34-29(23)41(37,38)35-30(3,4)5)28-22(14-17)26(36)25(20-15-32-39-16-20)27(40-28)19-9-7-6-8-10-19/h6-16,18,33,35H,1-5H3. The number of fused-ring (bicyclic) bond motifs is 1. The van der Waals surface area contributed by atoms with Crippen LogP contribution >= 0.6 is 11.6 Å². The molecule has 0 fully saturated rings. The van der Waals surface area contributed by atoms with Gasteiger partial charge in [0.15, 0.2) is 5.03 Å². The van der Waals surface area contributed by atoms with Gasteiger partial charge in [0.05, 0.1) is 28.9 Å². The molecule has 0 bridgehead atoms. The fraction of sp³-hybridized carbons (Fsp3) is 0.233. The molecular weight excluding hydrogens is 564 g/mol. The fourth-order valence-corrected chi connectivity index (χ4v) is 6.41. The number of benzene rings is 2. The van der Waals surface area contributed by atoms with Gasteiger partial charge >= 0.3 is 0 Å². The first-order valence-electron chi connectivity index (χ1n) is 12.9. The van der Waals surface area contributed by atoms with Crippen molar-refractivity contribution in [2.45, 2.75) is 51.2 Å². The van der Waals surface area contributed by atoms with Gasteiger partial charge in [0, 0.05) is 22.2 Å². The summed E-state index contributed by atoms with van der Waals surface area (Å²) in [7, 11) is -4.03. The van der Waals surface area contributed by atoms with Crippen molar-refractivity contribution in [2.24, 2.45) is 0 Å². The molecule has 0 aliphatic heterocycles. The first-order valence-corrected chi connectivity index (χ1v) is 14.7. The minimum atomic E-state index is -4.03. The second-order valence-electron chi connectivity index (χ2n) is 10.9. The normalized spacial score (nSPS) is 12.9. The van der Waals surface area contributed by atoms with Crippen molar-refractivity contribution in [3.63, 3.8) is 0 Å². The minimum absolute atomic E-state index is 0.0401. The molecule has 9 nitrogen and oxygen atoms in total. The molecule has 2 aromatic carbocycles. The minimum Gasteiger partial charge on any atom is -0.455 e. The molecule has 0 spiro atoms. The first kappa shape index (κ1) is 28.5. The number of sulfonamides is 1. The van der Waals surface area contributed by atoms with E-state index in [1.807, 2.05) is 50.2 Å². The van der Waals surface area contributed by atoms with Gasteiger partial charge in [-0.2, -0.15) is 0 Å². The lowest BCUT2D eigenvalue weighted by Crippen LogP contribution is -2.41. The number of hydrogen-bond acceptors (Lipinski definition) is 8. The van der Waals surface area contributed by atoms with Gasteiger partial charge in [-0.25, -0.2) is 18.1 Å². The molecule has 0 saturated heterocycles. The summed E-state index contributed by atoms with van der Waals surface area (Å²) < 4.78 is 40.7. The van der Waals surface area contributed by atoms with Crippen molar-refractivity contribution in [3.05, 3.63) is 93.6 Å². The number of pyridine rings is 1. The van der Waals surface area contributed by atoms with Crippen LogP contribution in [0.3, 0.4) is 0 Å². The van der Waals surface area contributed by atoms with Crippen LogP contribution in [0.1, 0.15) is 44.9 Å². The molecule has 5 rings (SSSR count). The Morgan fingerprint density at radius 1 is 1.02 bits per heavy atom. The number of anilines is 1. The van der Waals surface area contributed by atoms with Crippen LogP contribution in [-0.4, -0.2) is 24.1 Å². The predicted octanol–water partition coefficient (Wildman–Crippen LogP) is 6.72. The van der Waals surface area contributed by atoms with Crippen molar-refractivity contribution in [1.29, 1.82) is 0 Å². The maximum Gasteiger partial charge on any atom is 0.260 e. The SMILES string of the molecule is Cc1cc(C(C)Nc2ccc(Cl)nc2S(=O)(=O)NC(C)(C)C)c2oc(-c3ccccc3)c(-c3cnoc3)c(=O)c2c1. The summed E-state index contributed by atoms with van der Waals surface area (Å²) in [4.78, 5) is 18.1. The molecule has 2 N–H and O–H groups in total. The van der Waals surface area contributed by atoms with Crippen LogP contribution < -0.4 is 15.5 Å². The van der Waals surface area contributed by atoms with E-state index >= 15 is 0 Å². The Balaban J connectivity index is 1.68. The quantitative estimate of drug-likeness (QED) is 0.199. The van der Waals surface area contributed by atoms with E-state index in [9.17, 15) is 13.2 Å². The van der Waals surface area contributed by atoms with Gasteiger partial charge in [0.25, 0.3) is 10.0 Å². The highest BCUT2D eigenvalue weighted by molar-refractivity contribution is 7.89. The lowest BCUT2D eigenvalue weighted by Gasteiger charge is -2.23.